The number of amides is 2. The number of nitrogens with zero attached hydrogens (tertiary/aromatic N) is 1. The summed E-state index contributed by atoms with van der Waals surface area (Å²) in [5, 5.41) is 27.4. The molecule has 1 aliphatic rings. The number of nitrogens with one attached hydrogen (secondary N) is 1. The number of hydrogen-bond donors (Lipinski definition) is 3. The monoisotopic (exact) mass is 450 g/mol. The van der Waals surface area contributed by atoms with Gasteiger partial charge < -0.3 is 20.4 Å². The average molecular weight is 451 g/mol. The van der Waals surface area contributed by atoms with Gasteiger partial charge in [-0.15, -0.1) is 0 Å². The lowest BCUT2D eigenvalue weighted by Gasteiger charge is -2.28. The molecule has 1 aromatic heterocycles. The highest BCUT2D eigenvalue weighted by atomic mass is 32.1. The van der Waals surface area contributed by atoms with Crippen LogP contribution in [0.3, 0.4) is 0 Å². The predicted octanol–water partition coefficient (Wildman–Crippen LogP) is 3.12. The molecule has 0 aliphatic carbocycles. The van der Waals surface area contributed by atoms with Crippen LogP contribution in [0.25, 0.3) is 11.1 Å². The molecule has 166 valence electrons. The van der Waals surface area contributed by atoms with Gasteiger partial charge in [-0.25, -0.2) is 0 Å². The smallest absolute Gasteiger partial charge is 0.255 e. The molecule has 3 aromatic rings. The summed E-state index contributed by atoms with van der Waals surface area (Å²) in [6.45, 7) is 0.678. The first-order chi connectivity index (χ1) is 15.5. The van der Waals surface area contributed by atoms with E-state index < -0.39 is 24.0 Å². The van der Waals surface area contributed by atoms with Crippen molar-refractivity contribution in [3.05, 3.63) is 82.6 Å². The Bertz CT molecular complexity index is 1040. The highest BCUT2D eigenvalue weighted by molar-refractivity contribution is 7.08. The van der Waals surface area contributed by atoms with Crippen LogP contribution in [-0.4, -0.2) is 45.7 Å². The number of rotatable bonds is 7. The summed E-state index contributed by atoms with van der Waals surface area (Å²) in [6.07, 6.45) is -2.04. The maximum absolute atomic E-state index is 12.8. The molecular weight excluding hydrogens is 424 g/mol. The van der Waals surface area contributed by atoms with Gasteiger partial charge >= 0.3 is 0 Å². The second-order valence-corrected chi connectivity index (χ2v) is 8.70. The van der Waals surface area contributed by atoms with E-state index in [9.17, 15) is 19.8 Å². The Hall–Kier alpha value is -3.00. The third kappa shape index (κ3) is 4.91. The molecule has 1 fully saturated rings. The fourth-order valence-corrected chi connectivity index (χ4v) is 4.70. The zero-order valence-corrected chi connectivity index (χ0v) is 18.4. The quantitative estimate of drug-likeness (QED) is 0.516. The molecule has 0 unspecified atom stereocenters. The fraction of sp³-hybridized carbons (Fsp3) is 0.280. The molecule has 2 amide bonds. The standard InChI is InChI=1S/C25H26N2O4S/c28-22(23(29)25(31)27-13-4-7-21(27)19-5-2-1-3-6-19)24(30)26-15-17-8-10-18(11-9-17)20-12-14-32-16-20/h1-3,5-6,8-12,14,16,21-23,28-29H,4,7,13,15H2,(H,26,30)/t21-,22-,23-/m1/s1. The van der Waals surface area contributed by atoms with E-state index in [2.05, 4.69) is 10.7 Å². The Labute approximate surface area is 191 Å². The van der Waals surface area contributed by atoms with E-state index in [0.29, 0.717) is 6.54 Å². The van der Waals surface area contributed by atoms with Crippen LogP contribution in [0.4, 0.5) is 0 Å². The van der Waals surface area contributed by atoms with Crippen molar-refractivity contribution in [2.75, 3.05) is 6.54 Å². The molecule has 0 spiro atoms. The number of likely N-dealkylation sites (tertiary alicyclic amines) is 1. The van der Waals surface area contributed by atoms with Crippen LogP contribution in [0, 0.1) is 0 Å². The van der Waals surface area contributed by atoms with Crippen molar-refractivity contribution in [3.8, 4) is 11.1 Å². The van der Waals surface area contributed by atoms with E-state index in [1.54, 1.807) is 16.2 Å². The van der Waals surface area contributed by atoms with Gasteiger partial charge in [-0.1, -0.05) is 54.6 Å². The Morgan fingerprint density at radius 2 is 1.75 bits per heavy atom. The molecule has 4 rings (SSSR count). The van der Waals surface area contributed by atoms with Crippen molar-refractivity contribution in [3.63, 3.8) is 0 Å². The lowest BCUT2D eigenvalue weighted by Crippen LogP contribution is -2.50. The van der Waals surface area contributed by atoms with E-state index >= 15 is 0 Å². The van der Waals surface area contributed by atoms with Gasteiger partial charge in [-0.3, -0.25) is 9.59 Å². The van der Waals surface area contributed by atoms with Crippen LogP contribution in [0.15, 0.2) is 71.4 Å². The normalized spacial score (nSPS) is 17.7. The molecule has 0 radical (unpaired) electrons. The summed E-state index contributed by atoms with van der Waals surface area (Å²) < 4.78 is 0. The van der Waals surface area contributed by atoms with Crippen LogP contribution < -0.4 is 5.32 Å². The summed E-state index contributed by atoms with van der Waals surface area (Å²) in [6, 6.07) is 19.2. The molecule has 3 atom stereocenters. The van der Waals surface area contributed by atoms with Crippen LogP contribution in [0.2, 0.25) is 0 Å². The Balaban J connectivity index is 1.33. The van der Waals surface area contributed by atoms with Gasteiger partial charge in [0.1, 0.15) is 0 Å². The average Bonchev–Trinajstić information content (AvgIpc) is 3.54. The Kier molecular flexibility index (Phi) is 6.99. The first-order valence-corrected chi connectivity index (χ1v) is 11.6. The number of thiophene rings is 1. The Morgan fingerprint density at radius 3 is 2.44 bits per heavy atom. The van der Waals surface area contributed by atoms with Gasteiger partial charge in [0.15, 0.2) is 12.2 Å². The molecule has 1 aliphatic heterocycles. The minimum atomic E-state index is -1.83. The summed E-state index contributed by atoms with van der Waals surface area (Å²) in [4.78, 5) is 26.8. The van der Waals surface area contributed by atoms with Gasteiger partial charge in [0, 0.05) is 13.1 Å². The van der Waals surface area contributed by atoms with E-state index in [1.165, 1.54) is 0 Å². The van der Waals surface area contributed by atoms with Crippen LogP contribution in [-0.2, 0) is 16.1 Å². The molecule has 1 saturated heterocycles. The van der Waals surface area contributed by atoms with Crippen molar-refractivity contribution in [1.29, 1.82) is 0 Å². The van der Waals surface area contributed by atoms with Crippen molar-refractivity contribution in [2.24, 2.45) is 0 Å². The maximum atomic E-state index is 12.8. The molecule has 2 aromatic carbocycles. The molecule has 3 N–H and O–H groups in total. The van der Waals surface area contributed by atoms with Gasteiger partial charge in [0.2, 0.25) is 0 Å². The summed E-state index contributed by atoms with van der Waals surface area (Å²) in [5.74, 6) is -1.40. The largest absolute Gasteiger partial charge is 0.380 e. The van der Waals surface area contributed by atoms with Crippen LogP contribution in [0.5, 0.6) is 0 Å². The lowest BCUT2D eigenvalue weighted by molar-refractivity contribution is -0.153. The number of aliphatic hydroxyl groups is 2. The van der Waals surface area contributed by atoms with E-state index in [-0.39, 0.29) is 12.6 Å². The second kappa shape index (κ2) is 10.1. The third-order valence-corrected chi connectivity index (χ3v) is 6.50. The summed E-state index contributed by atoms with van der Waals surface area (Å²) in [5.41, 5.74) is 4.06. The third-order valence-electron chi connectivity index (χ3n) is 5.82. The topological polar surface area (TPSA) is 89.9 Å². The molecule has 2 heterocycles. The van der Waals surface area contributed by atoms with Crippen LogP contribution >= 0.6 is 11.3 Å². The zero-order chi connectivity index (χ0) is 22.5. The van der Waals surface area contributed by atoms with E-state index in [1.807, 2.05) is 66.0 Å². The number of carbonyl (C=O) groups is 2. The van der Waals surface area contributed by atoms with Crippen LogP contribution in [0.1, 0.15) is 30.0 Å². The van der Waals surface area contributed by atoms with E-state index in [0.717, 1.165) is 35.1 Å². The van der Waals surface area contributed by atoms with Crippen molar-refractivity contribution in [2.45, 2.75) is 37.6 Å². The zero-order valence-electron chi connectivity index (χ0n) is 17.6. The second-order valence-electron chi connectivity index (χ2n) is 7.92. The maximum Gasteiger partial charge on any atom is 0.255 e. The highest BCUT2D eigenvalue weighted by Gasteiger charge is 2.38. The first-order valence-electron chi connectivity index (χ1n) is 10.7. The highest BCUT2D eigenvalue weighted by Crippen LogP contribution is 2.32. The molecule has 32 heavy (non-hydrogen) atoms. The molecule has 0 saturated carbocycles. The minimum Gasteiger partial charge on any atom is -0.380 e. The van der Waals surface area contributed by atoms with Gasteiger partial charge in [0.25, 0.3) is 11.8 Å². The minimum absolute atomic E-state index is 0.157. The summed E-state index contributed by atoms with van der Waals surface area (Å²) in [7, 11) is 0. The van der Waals surface area contributed by atoms with Crippen molar-refractivity contribution >= 4 is 23.2 Å². The molecule has 7 heteroatoms. The number of aliphatic hydroxyl groups excluding tert-OH is 2. The van der Waals surface area contributed by atoms with Gasteiger partial charge in [-0.05, 0) is 51.9 Å². The van der Waals surface area contributed by atoms with Gasteiger partial charge in [0.05, 0.1) is 6.04 Å². The lowest BCUT2D eigenvalue weighted by atomic mass is 10.0. The number of carbonyl (C=O) groups excluding carboxylic acids is 2. The van der Waals surface area contributed by atoms with Crippen molar-refractivity contribution in [1.82, 2.24) is 10.2 Å². The molecular formula is C25H26N2O4S. The fourth-order valence-electron chi connectivity index (χ4n) is 4.04. The first kappa shape index (κ1) is 22.2. The predicted molar refractivity (Wildman–Crippen MR) is 124 cm³/mol. The Morgan fingerprint density at radius 1 is 1.00 bits per heavy atom. The number of hydrogen-bond acceptors (Lipinski definition) is 5. The molecule has 6 nitrogen and oxygen atoms in total. The number of benzene rings is 2. The summed E-state index contributed by atoms with van der Waals surface area (Å²) >= 11 is 1.63. The molecule has 0 bridgehead atoms. The van der Waals surface area contributed by atoms with Crippen molar-refractivity contribution < 1.29 is 19.8 Å². The van der Waals surface area contributed by atoms with E-state index in [4.69, 9.17) is 0 Å². The SMILES string of the molecule is O=C(NCc1ccc(-c2ccsc2)cc1)[C@H](O)[C@@H](O)C(=O)N1CCC[C@@H]1c1ccccc1. The van der Waals surface area contributed by atoms with Gasteiger partial charge in [-0.2, -0.15) is 11.3 Å².